The lowest BCUT2D eigenvalue weighted by Gasteiger charge is -2.10. The third kappa shape index (κ3) is 4.70. The number of aromatic nitrogens is 2. The highest BCUT2D eigenvalue weighted by atomic mass is 35.5. The van der Waals surface area contributed by atoms with Crippen LogP contribution in [-0.2, 0) is 10.0 Å². The normalized spacial score (nSPS) is 11.0. The van der Waals surface area contributed by atoms with Crippen LogP contribution in [0.2, 0.25) is 5.15 Å². The zero-order valence-corrected chi connectivity index (χ0v) is 16.9. The third-order valence-electron chi connectivity index (χ3n) is 4.04. The fourth-order valence-corrected chi connectivity index (χ4v) is 3.65. The van der Waals surface area contributed by atoms with Gasteiger partial charge in [0, 0.05) is 22.9 Å². The second-order valence-electron chi connectivity index (χ2n) is 6.03. The SMILES string of the molecule is Cc1c(C(=O)Nc2ccc(S(=O)(=O)Nc3ccc(Cl)nn3)cc2)cccc1[N+](=O)[O-]. The first-order chi connectivity index (χ1) is 14.2. The smallest absolute Gasteiger partial charge is 0.273 e. The number of nitrogens with zero attached hydrogens (tertiary/aromatic N) is 3. The molecule has 2 N–H and O–H groups in total. The van der Waals surface area contributed by atoms with Gasteiger partial charge in [-0.2, -0.15) is 0 Å². The summed E-state index contributed by atoms with van der Waals surface area (Å²) in [7, 11) is -3.93. The molecule has 1 aromatic heterocycles. The summed E-state index contributed by atoms with van der Waals surface area (Å²) < 4.78 is 27.1. The highest BCUT2D eigenvalue weighted by Crippen LogP contribution is 2.23. The van der Waals surface area contributed by atoms with Gasteiger partial charge in [0.2, 0.25) is 0 Å². The minimum Gasteiger partial charge on any atom is -0.322 e. The van der Waals surface area contributed by atoms with E-state index >= 15 is 0 Å². The molecule has 0 aliphatic carbocycles. The van der Waals surface area contributed by atoms with Gasteiger partial charge in [-0.05, 0) is 49.4 Å². The van der Waals surface area contributed by atoms with Crippen molar-refractivity contribution >= 4 is 44.7 Å². The molecule has 0 atom stereocenters. The molecule has 0 saturated carbocycles. The van der Waals surface area contributed by atoms with Gasteiger partial charge in [0.25, 0.3) is 21.6 Å². The van der Waals surface area contributed by atoms with E-state index in [0.29, 0.717) is 5.69 Å². The topological polar surface area (TPSA) is 144 Å². The first-order valence-electron chi connectivity index (χ1n) is 8.35. The molecule has 0 spiro atoms. The Balaban J connectivity index is 1.76. The van der Waals surface area contributed by atoms with E-state index in [9.17, 15) is 23.3 Å². The summed E-state index contributed by atoms with van der Waals surface area (Å²) in [6.45, 7) is 1.48. The number of nitro groups is 1. The zero-order chi connectivity index (χ0) is 21.9. The van der Waals surface area contributed by atoms with Gasteiger partial charge in [-0.1, -0.05) is 17.7 Å². The molecule has 3 aromatic rings. The van der Waals surface area contributed by atoms with E-state index in [1.54, 1.807) is 0 Å². The van der Waals surface area contributed by atoms with Crippen LogP contribution in [0.3, 0.4) is 0 Å². The summed E-state index contributed by atoms with van der Waals surface area (Å²) in [5.74, 6) is -0.556. The zero-order valence-electron chi connectivity index (χ0n) is 15.4. The molecular weight excluding hydrogens is 434 g/mol. The van der Waals surface area contributed by atoms with E-state index in [4.69, 9.17) is 11.6 Å². The summed E-state index contributed by atoms with van der Waals surface area (Å²) >= 11 is 5.62. The molecule has 0 unspecified atom stereocenters. The molecule has 0 aliphatic rings. The summed E-state index contributed by atoms with van der Waals surface area (Å²) in [5, 5.41) is 20.9. The van der Waals surface area contributed by atoms with E-state index in [1.807, 2.05) is 0 Å². The Hall–Kier alpha value is -3.57. The van der Waals surface area contributed by atoms with E-state index < -0.39 is 20.9 Å². The van der Waals surface area contributed by atoms with Gasteiger partial charge in [-0.3, -0.25) is 19.6 Å². The van der Waals surface area contributed by atoms with E-state index in [-0.39, 0.29) is 32.7 Å². The van der Waals surface area contributed by atoms with E-state index in [2.05, 4.69) is 20.2 Å². The van der Waals surface area contributed by atoms with Crippen LogP contribution in [0.15, 0.2) is 59.5 Å². The van der Waals surface area contributed by atoms with Crippen LogP contribution in [0.4, 0.5) is 17.2 Å². The van der Waals surface area contributed by atoms with Gasteiger partial charge in [-0.25, -0.2) is 8.42 Å². The lowest BCUT2D eigenvalue weighted by molar-refractivity contribution is -0.385. The van der Waals surface area contributed by atoms with Crippen LogP contribution in [0.1, 0.15) is 15.9 Å². The highest BCUT2D eigenvalue weighted by molar-refractivity contribution is 7.92. The lowest BCUT2D eigenvalue weighted by atomic mass is 10.1. The second-order valence-corrected chi connectivity index (χ2v) is 8.10. The fraction of sp³-hybridized carbons (Fsp3) is 0.0556. The third-order valence-corrected chi connectivity index (χ3v) is 5.61. The summed E-state index contributed by atoms with van der Waals surface area (Å²) in [6.07, 6.45) is 0. The number of halogens is 1. The highest BCUT2D eigenvalue weighted by Gasteiger charge is 2.19. The van der Waals surface area contributed by atoms with Gasteiger partial charge >= 0.3 is 0 Å². The number of sulfonamides is 1. The summed E-state index contributed by atoms with van der Waals surface area (Å²) in [6, 6.07) is 12.3. The van der Waals surface area contributed by atoms with Gasteiger partial charge in [0.05, 0.1) is 9.82 Å². The van der Waals surface area contributed by atoms with E-state index in [1.165, 1.54) is 61.5 Å². The molecule has 10 nitrogen and oxygen atoms in total. The van der Waals surface area contributed by atoms with Crippen LogP contribution in [0.25, 0.3) is 0 Å². The number of hydrogen-bond donors (Lipinski definition) is 2. The molecule has 3 rings (SSSR count). The monoisotopic (exact) mass is 447 g/mol. The minimum atomic E-state index is -3.93. The van der Waals surface area contributed by atoms with Crippen molar-refractivity contribution in [3.8, 4) is 0 Å². The molecule has 154 valence electrons. The number of benzene rings is 2. The molecule has 12 heteroatoms. The average Bonchev–Trinajstić information content (AvgIpc) is 2.70. The number of nitrogens with one attached hydrogen (secondary N) is 2. The van der Waals surface area contributed by atoms with Crippen molar-refractivity contribution in [2.45, 2.75) is 11.8 Å². The van der Waals surface area contributed by atoms with Crippen molar-refractivity contribution in [3.05, 3.63) is 81.0 Å². The van der Waals surface area contributed by atoms with Crippen LogP contribution >= 0.6 is 11.6 Å². The first kappa shape index (κ1) is 21.1. The maximum Gasteiger partial charge on any atom is 0.273 e. The molecule has 2 aromatic carbocycles. The van der Waals surface area contributed by atoms with Crippen LogP contribution < -0.4 is 10.0 Å². The van der Waals surface area contributed by atoms with Crippen molar-refractivity contribution in [3.63, 3.8) is 0 Å². The van der Waals surface area contributed by atoms with Gasteiger partial charge in [-0.15, -0.1) is 10.2 Å². The van der Waals surface area contributed by atoms with Crippen molar-refractivity contribution in [2.24, 2.45) is 0 Å². The Morgan fingerprint density at radius 1 is 1.07 bits per heavy atom. The Bertz CT molecular complexity index is 1210. The molecule has 0 radical (unpaired) electrons. The van der Waals surface area contributed by atoms with Crippen molar-refractivity contribution in [2.75, 3.05) is 10.0 Å². The number of carbonyl (C=O) groups excluding carboxylic acids is 1. The maximum absolute atomic E-state index is 12.5. The largest absolute Gasteiger partial charge is 0.322 e. The Morgan fingerprint density at radius 3 is 2.37 bits per heavy atom. The Kier molecular flexibility index (Phi) is 5.94. The van der Waals surface area contributed by atoms with Crippen molar-refractivity contribution < 1.29 is 18.1 Å². The lowest BCUT2D eigenvalue weighted by Crippen LogP contribution is -2.15. The number of carbonyl (C=O) groups is 1. The first-order valence-corrected chi connectivity index (χ1v) is 10.2. The standard InChI is InChI=1S/C18H14ClN5O5S/c1-11-14(3-2-4-15(11)24(26)27)18(25)20-12-5-7-13(8-6-12)30(28,29)23-17-10-9-16(19)21-22-17/h2-10H,1H3,(H,20,25)(H,22,23). The van der Waals surface area contributed by atoms with Crippen molar-refractivity contribution in [1.29, 1.82) is 0 Å². The quantitative estimate of drug-likeness (QED) is 0.435. The number of rotatable bonds is 6. The molecule has 1 amide bonds. The molecular formula is C18H14ClN5O5S. The van der Waals surface area contributed by atoms with Crippen molar-refractivity contribution in [1.82, 2.24) is 10.2 Å². The van der Waals surface area contributed by atoms with Crippen LogP contribution in [-0.4, -0.2) is 29.4 Å². The molecule has 0 bridgehead atoms. The van der Waals surface area contributed by atoms with Gasteiger partial charge in [0.15, 0.2) is 11.0 Å². The molecule has 1 heterocycles. The second kappa shape index (κ2) is 8.43. The molecule has 0 saturated heterocycles. The number of nitro benzene ring substituents is 1. The molecule has 0 fully saturated rings. The number of anilines is 2. The fourth-order valence-electron chi connectivity index (χ4n) is 2.55. The van der Waals surface area contributed by atoms with E-state index in [0.717, 1.165) is 0 Å². The summed E-state index contributed by atoms with van der Waals surface area (Å²) in [4.78, 5) is 22.9. The Morgan fingerprint density at radius 2 is 1.77 bits per heavy atom. The predicted molar refractivity (Wildman–Crippen MR) is 110 cm³/mol. The number of hydrogen-bond acceptors (Lipinski definition) is 7. The maximum atomic E-state index is 12.5. The predicted octanol–water partition coefficient (Wildman–Crippen LogP) is 3.40. The number of amides is 1. The summed E-state index contributed by atoms with van der Waals surface area (Å²) in [5.41, 5.74) is 0.521. The minimum absolute atomic E-state index is 0.00192. The van der Waals surface area contributed by atoms with Gasteiger partial charge < -0.3 is 5.32 Å². The van der Waals surface area contributed by atoms with Crippen LogP contribution in [0.5, 0.6) is 0 Å². The molecule has 30 heavy (non-hydrogen) atoms. The average molecular weight is 448 g/mol. The molecule has 0 aliphatic heterocycles. The van der Waals surface area contributed by atoms with Crippen LogP contribution in [0, 0.1) is 17.0 Å². The van der Waals surface area contributed by atoms with Gasteiger partial charge in [0.1, 0.15) is 0 Å². The Labute approximate surface area is 176 Å².